The Bertz CT molecular complexity index is 819. The molecule has 6 nitrogen and oxygen atoms in total. The van der Waals surface area contributed by atoms with E-state index < -0.39 is 10.0 Å². The van der Waals surface area contributed by atoms with Gasteiger partial charge in [0, 0.05) is 30.7 Å². The highest BCUT2D eigenvalue weighted by molar-refractivity contribution is 7.89. The molecule has 30 heavy (non-hydrogen) atoms. The van der Waals surface area contributed by atoms with E-state index in [4.69, 9.17) is 0 Å². The van der Waals surface area contributed by atoms with Gasteiger partial charge in [0.25, 0.3) is 5.91 Å². The van der Waals surface area contributed by atoms with Crippen LogP contribution in [0.5, 0.6) is 0 Å². The van der Waals surface area contributed by atoms with Crippen LogP contribution in [0.15, 0.2) is 23.1 Å². The van der Waals surface area contributed by atoms with E-state index in [2.05, 4.69) is 21.9 Å². The van der Waals surface area contributed by atoms with Crippen LogP contribution in [0, 0.1) is 6.92 Å². The molecule has 1 saturated carbocycles. The summed E-state index contributed by atoms with van der Waals surface area (Å²) in [5.74, 6) is -0.200. The van der Waals surface area contributed by atoms with Gasteiger partial charge < -0.3 is 10.2 Å². The molecule has 0 radical (unpaired) electrons. The van der Waals surface area contributed by atoms with Crippen molar-refractivity contribution >= 4 is 15.9 Å². The Balaban J connectivity index is 1.56. The maximum Gasteiger partial charge on any atom is 0.251 e. The Morgan fingerprint density at radius 3 is 2.57 bits per heavy atom. The molecule has 2 N–H and O–H groups in total. The summed E-state index contributed by atoms with van der Waals surface area (Å²) in [7, 11) is -3.62. The second kappa shape index (κ2) is 10.7. The van der Waals surface area contributed by atoms with Crippen LogP contribution in [0.25, 0.3) is 0 Å². The van der Waals surface area contributed by atoms with Gasteiger partial charge in [-0.15, -0.1) is 0 Å². The Morgan fingerprint density at radius 2 is 1.83 bits per heavy atom. The summed E-state index contributed by atoms with van der Waals surface area (Å²) < 4.78 is 28.4. The van der Waals surface area contributed by atoms with E-state index >= 15 is 0 Å². The average Bonchev–Trinajstić information content (AvgIpc) is 2.73. The van der Waals surface area contributed by atoms with Gasteiger partial charge in [0.15, 0.2) is 0 Å². The molecular weight excluding hydrogens is 398 g/mol. The Hall–Kier alpha value is -1.44. The number of hydrogen-bond donors (Lipinski definition) is 2. The van der Waals surface area contributed by atoms with Crippen molar-refractivity contribution in [3.05, 3.63) is 29.3 Å². The van der Waals surface area contributed by atoms with Crippen LogP contribution in [0.3, 0.4) is 0 Å². The van der Waals surface area contributed by atoms with E-state index in [9.17, 15) is 13.2 Å². The SMILES string of the molecule is Cc1ccc(S(=O)(=O)NC2CCCCC2)cc1C(=O)NCCCN1CCCC[C@@H]1C. The Morgan fingerprint density at radius 1 is 1.10 bits per heavy atom. The fourth-order valence-corrected chi connectivity index (χ4v) is 5.92. The minimum atomic E-state index is -3.62. The van der Waals surface area contributed by atoms with E-state index in [1.807, 2.05) is 6.92 Å². The van der Waals surface area contributed by atoms with Gasteiger partial charge in [-0.2, -0.15) is 0 Å². The maximum absolute atomic E-state index is 12.8. The lowest BCUT2D eigenvalue weighted by Crippen LogP contribution is -2.39. The number of rotatable bonds is 8. The number of nitrogens with one attached hydrogen (secondary N) is 2. The van der Waals surface area contributed by atoms with E-state index in [0.717, 1.165) is 50.8 Å². The van der Waals surface area contributed by atoms with Gasteiger partial charge in [-0.3, -0.25) is 4.79 Å². The second-order valence-electron chi connectivity index (χ2n) is 8.92. The largest absolute Gasteiger partial charge is 0.352 e. The van der Waals surface area contributed by atoms with Crippen molar-refractivity contribution in [2.75, 3.05) is 19.6 Å². The average molecular weight is 436 g/mol. The van der Waals surface area contributed by atoms with Gasteiger partial charge in [0.05, 0.1) is 4.90 Å². The van der Waals surface area contributed by atoms with Crippen LogP contribution in [0.1, 0.15) is 80.6 Å². The van der Waals surface area contributed by atoms with E-state index in [1.165, 1.54) is 31.7 Å². The van der Waals surface area contributed by atoms with Gasteiger partial charge >= 0.3 is 0 Å². The Labute approximate surface area is 181 Å². The number of carbonyl (C=O) groups excluding carboxylic acids is 1. The molecule has 0 bridgehead atoms. The van der Waals surface area contributed by atoms with Crippen molar-refractivity contribution < 1.29 is 13.2 Å². The standard InChI is InChI=1S/C23H37N3O3S/c1-18-12-13-21(30(28,29)25-20-10-4-3-5-11-20)17-22(18)23(27)24-14-8-16-26-15-7-6-9-19(26)2/h12-13,17,19-20,25H,3-11,14-16H2,1-2H3,(H,24,27)/t19-/m0/s1. The summed E-state index contributed by atoms with van der Waals surface area (Å²) in [5.41, 5.74) is 1.22. The molecule has 1 amide bonds. The zero-order valence-electron chi connectivity index (χ0n) is 18.5. The molecule has 1 heterocycles. The van der Waals surface area contributed by atoms with Gasteiger partial charge in [-0.1, -0.05) is 31.7 Å². The first kappa shape index (κ1) is 23.2. The first-order chi connectivity index (χ1) is 14.4. The number of sulfonamides is 1. The van der Waals surface area contributed by atoms with Crippen molar-refractivity contribution in [3.63, 3.8) is 0 Å². The van der Waals surface area contributed by atoms with Gasteiger partial charge in [0.2, 0.25) is 10.0 Å². The number of amides is 1. The fraction of sp³-hybridized carbons (Fsp3) is 0.696. The lowest BCUT2D eigenvalue weighted by molar-refractivity contribution is 0.0948. The topological polar surface area (TPSA) is 78.5 Å². The number of hydrogen-bond acceptors (Lipinski definition) is 4. The number of benzene rings is 1. The number of nitrogens with zero attached hydrogens (tertiary/aromatic N) is 1. The predicted molar refractivity (Wildman–Crippen MR) is 120 cm³/mol. The molecule has 0 unspecified atom stereocenters. The third-order valence-electron chi connectivity index (χ3n) is 6.54. The summed E-state index contributed by atoms with van der Waals surface area (Å²) >= 11 is 0. The molecule has 168 valence electrons. The second-order valence-corrected chi connectivity index (χ2v) is 10.6. The molecule has 1 saturated heterocycles. The molecule has 7 heteroatoms. The minimum absolute atomic E-state index is 0.000455. The molecule has 2 fully saturated rings. The lowest BCUT2D eigenvalue weighted by Gasteiger charge is -2.33. The molecule has 1 aromatic carbocycles. The molecule has 0 aromatic heterocycles. The van der Waals surface area contributed by atoms with Crippen LogP contribution >= 0.6 is 0 Å². The van der Waals surface area contributed by atoms with Crippen molar-refractivity contribution in [1.82, 2.24) is 14.9 Å². The van der Waals surface area contributed by atoms with Crippen molar-refractivity contribution in [2.24, 2.45) is 0 Å². The first-order valence-corrected chi connectivity index (χ1v) is 13.0. The number of aryl methyl sites for hydroxylation is 1. The first-order valence-electron chi connectivity index (χ1n) is 11.5. The van der Waals surface area contributed by atoms with E-state index in [-0.39, 0.29) is 16.8 Å². The predicted octanol–water partition coefficient (Wildman–Crippen LogP) is 3.60. The molecule has 2 aliphatic rings. The highest BCUT2D eigenvalue weighted by Gasteiger charge is 2.23. The zero-order valence-corrected chi connectivity index (χ0v) is 19.3. The summed E-state index contributed by atoms with van der Waals surface area (Å²) in [5, 5.41) is 2.97. The zero-order chi connectivity index (χ0) is 21.6. The molecule has 1 atom stereocenters. The van der Waals surface area contributed by atoms with Gasteiger partial charge in [0.1, 0.15) is 0 Å². The fourth-order valence-electron chi connectivity index (χ4n) is 4.59. The quantitative estimate of drug-likeness (QED) is 0.612. The minimum Gasteiger partial charge on any atom is -0.352 e. The normalized spacial score (nSPS) is 21.5. The smallest absolute Gasteiger partial charge is 0.251 e. The highest BCUT2D eigenvalue weighted by atomic mass is 32.2. The molecule has 1 aliphatic carbocycles. The van der Waals surface area contributed by atoms with Crippen molar-refractivity contribution in [1.29, 1.82) is 0 Å². The molecule has 3 rings (SSSR count). The monoisotopic (exact) mass is 435 g/mol. The van der Waals surface area contributed by atoms with Gasteiger partial charge in [-0.05, 0) is 70.2 Å². The van der Waals surface area contributed by atoms with Crippen LogP contribution < -0.4 is 10.0 Å². The van der Waals surface area contributed by atoms with Crippen molar-refractivity contribution in [2.45, 2.75) is 88.6 Å². The molecule has 1 aromatic rings. The molecule has 1 aliphatic heterocycles. The molecular formula is C23H37N3O3S. The number of carbonyl (C=O) groups is 1. The maximum atomic E-state index is 12.8. The summed E-state index contributed by atoms with van der Waals surface area (Å²) in [6, 6.07) is 5.45. The third-order valence-corrected chi connectivity index (χ3v) is 8.06. The van der Waals surface area contributed by atoms with Crippen LogP contribution in [0.4, 0.5) is 0 Å². The van der Waals surface area contributed by atoms with Crippen molar-refractivity contribution in [3.8, 4) is 0 Å². The number of likely N-dealkylation sites (tertiary alicyclic amines) is 1. The van der Waals surface area contributed by atoms with Crippen LogP contribution in [-0.2, 0) is 10.0 Å². The lowest BCUT2D eigenvalue weighted by atomic mass is 9.96. The van der Waals surface area contributed by atoms with E-state index in [1.54, 1.807) is 12.1 Å². The summed E-state index contributed by atoms with van der Waals surface area (Å²) in [6.45, 7) is 6.84. The Kier molecular flexibility index (Phi) is 8.31. The molecule has 0 spiro atoms. The van der Waals surface area contributed by atoms with E-state index in [0.29, 0.717) is 18.2 Å². The highest BCUT2D eigenvalue weighted by Crippen LogP contribution is 2.21. The summed E-state index contributed by atoms with van der Waals surface area (Å²) in [6.07, 6.45) is 9.77. The van der Waals surface area contributed by atoms with Gasteiger partial charge in [-0.25, -0.2) is 13.1 Å². The summed E-state index contributed by atoms with van der Waals surface area (Å²) in [4.78, 5) is 15.4. The number of piperidine rings is 1. The third kappa shape index (κ3) is 6.28. The van der Waals surface area contributed by atoms with Crippen LogP contribution in [0.2, 0.25) is 0 Å². The van der Waals surface area contributed by atoms with Crippen LogP contribution in [-0.4, -0.2) is 50.9 Å².